The Morgan fingerprint density at radius 1 is 1.10 bits per heavy atom. The molecule has 1 aromatic heterocycles. The standard InChI is InChI=1S/C18H14Cl4N4O2S/c1-26-15(8-28-14-6-5-10(19)7-13(14)22)24-25-18(26)29-9-16(27)23-17-11(20)3-2-4-12(17)21/h2-7H,8-9H2,1H3,(H,23,27). The van der Waals surface area contributed by atoms with Crippen molar-refractivity contribution in [2.24, 2.45) is 7.05 Å². The number of hydrogen-bond acceptors (Lipinski definition) is 5. The molecule has 3 rings (SSSR count). The first-order valence-corrected chi connectivity index (χ1v) is 10.7. The summed E-state index contributed by atoms with van der Waals surface area (Å²) in [6.45, 7) is 0.160. The summed E-state index contributed by atoms with van der Waals surface area (Å²) in [4.78, 5) is 12.2. The number of aromatic nitrogens is 3. The molecule has 0 radical (unpaired) electrons. The third kappa shape index (κ3) is 5.71. The van der Waals surface area contributed by atoms with E-state index < -0.39 is 0 Å². The van der Waals surface area contributed by atoms with E-state index >= 15 is 0 Å². The molecule has 0 bridgehead atoms. The highest BCUT2D eigenvalue weighted by molar-refractivity contribution is 7.99. The van der Waals surface area contributed by atoms with Crippen molar-refractivity contribution in [2.45, 2.75) is 11.8 Å². The third-order valence-electron chi connectivity index (χ3n) is 3.74. The van der Waals surface area contributed by atoms with Crippen molar-refractivity contribution in [2.75, 3.05) is 11.1 Å². The van der Waals surface area contributed by atoms with Gasteiger partial charge in [-0.2, -0.15) is 0 Å². The van der Waals surface area contributed by atoms with Gasteiger partial charge < -0.3 is 14.6 Å². The summed E-state index contributed by atoms with van der Waals surface area (Å²) in [5.41, 5.74) is 0.383. The van der Waals surface area contributed by atoms with E-state index in [2.05, 4.69) is 15.5 Å². The van der Waals surface area contributed by atoms with Crippen LogP contribution in [0.1, 0.15) is 5.82 Å². The number of carbonyl (C=O) groups is 1. The minimum absolute atomic E-state index is 0.109. The second-order valence-electron chi connectivity index (χ2n) is 5.75. The van der Waals surface area contributed by atoms with Gasteiger partial charge in [0.2, 0.25) is 5.91 Å². The number of anilines is 1. The van der Waals surface area contributed by atoms with Gasteiger partial charge in [-0.15, -0.1) is 10.2 Å². The SMILES string of the molecule is Cn1c(COc2ccc(Cl)cc2Cl)nnc1SCC(=O)Nc1c(Cl)cccc1Cl. The van der Waals surface area contributed by atoms with Crippen LogP contribution in [0.5, 0.6) is 5.75 Å². The third-order valence-corrected chi connectivity index (χ3v) is 5.92. The summed E-state index contributed by atoms with van der Waals surface area (Å²) < 4.78 is 7.41. The fourth-order valence-electron chi connectivity index (χ4n) is 2.25. The highest BCUT2D eigenvalue weighted by Gasteiger charge is 2.14. The number of carbonyl (C=O) groups excluding carboxylic acids is 1. The molecule has 3 aromatic rings. The molecule has 0 aliphatic carbocycles. The number of nitrogens with zero attached hydrogens (tertiary/aromatic N) is 3. The lowest BCUT2D eigenvalue weighted by Gasteiger charge is -2.09. The molecular formula is C18H14Cl4N4O2S. The van der Waals surface area contributed by atoms with Gasteiger partial charge in [-0.3, -0.25) is 4.79 Å². The van der Waals surface area contributed by atoms with Crippen LogP contribution in [0.4, 0.5) is 5.69 Å². The number of para-hydroxylation sites is 1. The van der Waals surface area contributed by atoms with Gasteiger partial charge in [0.15, 0.2) is 11.0 Å². The lowest BCUT2D eigenvalue weighted by atomic mass is 10.3. The summed E-state index contributed by atoms with van der Waals surface area (Å²) in [6.07, 6.45) is 0. The van der Waals surface area contributed by atoms with Crippen molar-refractivity contribution in [1.29, 1.82) is 0 Å². The second kappa shape index (κ2) is 9.91. The Kier molecular flexibility index (Phi) is 7.54. The Morgan fingerprint density at radius 2 is 1.83 bits per heavy atom. The van der Waals surface area contributed by atoms with Gasteiger partial charge in [0.1, 0.15) is 12.4 Å². The topological polar surface area (TPSA) is 69.0 Å². The highest BCUT2D eigenvalue weighted by Crippen LogP contribution is 2.30. The molecule has 0 fully saturated rings. The fourth-order valence-corrected chi connectivity index (χ4v) is 3.94. The first-order valence-electron chi connectivity index (χ1n) is 8.18. The Hall–Kier alpha value is -1.64. The summed E-state index contributed by atoms with van der Waals surface area (Å²) in [5.74, 6) is 0.910. The van der Waals surface area contributed by atoms with Gasteiger partial charge in [0.25, 0.3) is 0 Å². The van der Waals surface area contributed by atoms with E-state index in [1.165, 1.54) is 11.8 Å². The zero-order chi connectivity index (χ0) is 21.0. The quantitative estimate of drug-likeness (QED) is 0.427. The van der Waals surface area contributed by atoms with E-state index in [-0.39, 0.29) is 18.3 Å². The number of hydrogen-bond donors (Lipinski definition) is 1. The zero-order valence-electron chi connectivity index (χ0n) is 15.0. The van der Waals surface area contributed by atoms with Crippen LogP contribution in [-0.2, 0) is 18.4 Å². The Balaban J connectivity index is 1.57. The number of nitrogens with one attached hydrogen (secondary N) is 1. The maximum absolute atomic E-state index is 12.2. The average Bonchev–Trinajstić information content (AvgIpc) is 3.02. The molecule has 0 aliphatic heterocycles. The van der Waals surface area contributed by atoms with E-state index in [0.29, 0.717) is 42.5 Å². The number of amides is 1. The molecule has 1 heterocycles. The smallest absolute Gasteiger partial charge is 0.234 e. The number of thioether (sulfide) groups is 1. The molecule has 29 heavy (non-hydrogen) atoms. The molecule has 0 spiro atoms. The minimum atomic E-state index is -0.265. The van der Waals surface area contributed by atoms with Crippen molar-refractivity contribution in [3.05, 3.63) is 62.3 Å². The lowest BCUT2D eigenvalue weighted by molar-refractivity contribution is -0.113. The highest BCUT2D eigenvalue weighted by atomic mass is 35.5. The molecule has 0 atom stereocenters. The predicted molar refractivity (Wildman–Crippen MR) is 118 cm³/mol. The predicted octanol–water partition coefficient (Wildman–Crippen LogP) is 5.74. The van der Waals surface area contributed by atoms with Crippen LogP contribution in [0.3, 0.4) is 0 Å². The van der Waals surface area contributed by atoms with Crippen LogP contribution >= 0.6 is 58.2 Å². The van der Waals surface area contributed by atoms with E-state index in [9.17, 15) is 4.79 Å². The molecule has 1 N–H and O–H groups in total. The van der Waals surface area contributed by atoms with Gasteiger partial charge >= 0.3 is 0 Å². The first-order chi connectivity index (χ1) is 13.8. The van der Waals surface area contributed by atoms with Gasteiger partial charge in [-0.25, -0.2) is 0 Å². The average molecular weight is 492 g/mol. The van der Waals surface area contributed by atoms with Crippen LogP contribution in [-0.4, -0.2) is 26.4 Å². The molecule has 0 saturated heterocycles. The van der Waals surface area contributed by atoms with Gasteiger partial charge in [0, 0.05) is 12.1 Å². The van der Waals surface area contributed by atoms with Crippen LogP contribution in [0.15, 0.2) is 41.6 Å². The van der Waals surface area contributed by atoms with Gasteiger partial charge in [0.05, 0.1) is 26.5 Å². The molecule has 152 valence electrons. The normalized spacial score (nSPS) is 10.8. The van der Waals surface area contributed by atoms with E-state index in [1.54, 1.807) is 48.0 Å². The van der Waals surface area contributed by atoms with Gasteiger partial charge in [-0.05, 0) is 30.3 Å². The summed E-state index contributed by atoms with van der Waals surface area (Å²) in [5, 5.41) is 13.1. The molecule has 0 aliphatic rings. The maximum atomic E-state index is 12.2. The molecule has 1 amide bonds. The molecule has 6 nitrogen and oxygen atoms in total. The van der Waals surface area contributed by atoms with Crippen molar-refractivity contribution in [3.8, 4) is 5.75 Å². The Morgan fingerprint density at radius 3 is 2.52 bits per heavy atom. The molecule has 2 aromatic carbocycles. The van der Waals surface area contributed by atoms with Crippen molar-refractivity contribution in [3.63, 3.8) is 0 Å². The van der Waals surface area contributed by atoms with Crippen LogP contribution in [0.25, 0.3) is 0 Å². The number of rotatable bonds is 7. The lowest BCUT2D eigenvalue weighted by Crippen LogP contribution is -2.15. The first kappa shape index (κ1) is 22.1. The molecular weight excluding hydrogens is 478 g/mol. The fraction of sp³-hybridized carbons (Fsp3) is 0.167. The minimum Gasteiger partial charge on any atom is -0.484 e. The van der Waals surface area contributed by atoms with Crippen molar-refractivity contribution >= 4 is 69.8 Å². The zero-order valence-corrected chi connectivity index (χ0v) is 18.8. The monoisotopic (exact) mass is 490 g/mol. The van der Waals surface area contributed by atoms with Crippen LogP contribution in [0, 0.1) is 0 Å². The maximum Gasteiger partial charge on any atom is 0.234 e. The van der Waals surface area contributed by atoms with Crippen LogP contribution in [0.2, 0.25) is 20.1 Å². The molecule has 11 heteroatoms. The Labute approximate surface area is 191 Å². The molecule has 0 saturated carbocycles. The summed E-state index contributed by atoms with van der Waals surface area (Å²) >= 11 is 25.3. The largest absolute Gasteiger partial charge is 0.484 e. The van der Waals surface area contributed by atoms with E-state index in [1.807, 2.05) is 0 Å². The van der Waals surface area contributed by atoms with Crippen molar-refractivity contribution in [1.82, 2.24) is 14.8 Å². The number of halogens is 4. The van der Waals surface area contributed by atoms with Gasteiger partial charge in [-0.1, -0.05) is 64.2 Å². The summed E-state index contributed by atoms with van der Waals surface area (Å²) in [7, 11) is 1.79. The number of benzene rings is 2. The van der Waals surface area contributed by atoms with E-state index in [4.69, 9.17) is 51.1 Å². The second-order valence-corrected chi connectivity index (χ2v) is 8.36. The van der Waals surface area contributed by atoms with Crippen molar-refractivity contribution < 1.29 is 9.53 Å². The molecule has 0 unspecified atom stereocenters. The summed E-state index contributed by atoms with van der Waals surface area (Å²) in [6, 6.07) is 9.97. The Bertz CT molecular complexity index is 1020. The van der Waals surface area contributed by atoms with E-state index in [0.717, 1.165) is 0 Å². The van der Waals surface area contributed by atoms with Crippen LogP contribution < -0.4 is 10.1 Å². The number of ether oxygens (including phenoxy) is 1.